The van der Waals surface area contributed by atoms with Crippen LogP contribution in [-0.2, 0) is 11.2 Å². The molecule has 0 saturated carbocycles. The number of likely N-dealkylation sites (tertiary alicyclic amines) is 1. The van der Waals surface area contributed by atoms with Crippen molar-refractivity contribution >= 4 is 17.2 Å². The van der Waals surface area contributed by atoms with Gasteiger partial charge in [-0.05, 0) is 43.2 Å². The monoisotopic (exact) mass is 409 g/mol. The van der Waals surface area contributed by atoms with E-state index in [1.807, 2.05) is 46.7 Å². The van der Waals surface area contributed by atoms with Crippen molar-refractivity contribution in [2.45, 2.75) is 25.3 Å². The Morgan fingerprint density at radius 1 is 1.24 bits per heavy atom. The molecule has 4 rings (SSSR count). The van der Waals surface area contributed by atoms with Gasteiger partial charge in [0.2, 0.25) is 5.91 Å². The van der Waals surface area contributed by atoms with Crippen molar-refractivity contribution in [3.63, 3.8) is 0 Å². The van der Waals surface area contributed by atoms with Gasteiger partial charge in [-0.3, -0.25) is 9.78 Å². The highest BCUT2D eigenvalue weighted by Gasteiger charge is 2.32. The summed E-state index contributed by atoms with van der Waals surface area (Å²) < 4.78 is 10.9. The molecule has 1 aliphatic rings. The van der Waals surface area contributed by atoms with E-state index in [0.717, 1.165) is 52.8 Å². The second kappa shape index (κ2) is 8.61. The minimum atomic E-state index is -0.0125. The normalized spacial score (nSPS) is 16.1. The standard InChI is InChI=1S/C22H23N3O3S/c1-27-16-8-9-20(28-2)17(13-16)19-7-5-11-25(19)21(26)12-15-14-29-22(24-15)18-6-3-4-10-23-18/h3-4,6,8-10,13-14,19H,5,7,11-12H2,1-2H3. The topological polar surface area (TPSA) is 64.6 Å². The molecule has 150 valence electrons. The molecule has 0 spiro atoms. The summed E-state index contributed by atoms with van der Waals surface area (Å²) in [5, 5.41) is 2.78. The van der Waals surface area contributed by atoms with Crippen molar-refractivity contribution in [2.24, 2.45) is 0 Å². The Balaban J connectivity index is 1.52. The minimum Gasteiger partial charge on any atom is -0.497 e. The largest absolute Gasteiger partial charge is 0.497 e. The number of hydrogen-bond acceptors (Lipinski definition) is 6. The van der Waals surface area contributed by atoms with E-state index in [2.05, 4.69) is 9.97 Å². The van der Waals surface area contributed by atoms with E-state index in [9.17, 15) is 4.79 Å². The van der Waals surface area contributed by atoms with E-state index < -0.39 is 0 Å². The Bertz CT molecular complexity index is 990. The van der Waals surface area contributed by atoms with Crippen molar-refractivity contribution in [1.82, 2.24) is 14.9 Å². The van der Waals surface area contributed by atoms with E-state index in [4.69, 9.17) is 9.47 Å². The number of aromatic nitrogens is 2. The Hall–Kier alpha value is -2.93. The molecular formula is C22H23N3O3S. The van der Waals surface area contributed by atoms with Crippen LogP contribution in [0.4, 0.5) is 0 Å². The van der Waals surface area contributed by atoms with Gasteiger partial charge in [-0.1, -0.05) is 6.07 Å². The van der Waals surface area contributed by atoms with Gasteiger partial charge in [-0.25, -0.2) is 4.98 Å². The molecule has 1 atom stereocenters. The number of hydrogen-bond donors (Lipinski definition) is 0. The first kappa shape index (κ1) is 19.4. The van der Waals surface area contributed by atoms with Gasteiger partial charge < -0.3 is 14.4 Å². The van der Waals surface area contributed by atoms with Gasteiger partial charge in [-0.2, -0.15) is 0 Å². The molecule has 1 saturated heterocycles. The van der Waals surface area contributed by atoms with Crippen molar-refractivity contribution in [3.05, 3.63) is 59.2 Å². The Labute approximate surface area is 174 Å². The van der Waals surface area contributed by atoms with Crippen LogP contribution in [0.1, 0.15) is 30.1 Å². The van der Waals surface area contributed by atoms with E-state index in [-0.39, 0.29) is 18.4 Å². The Morgan fingerprint density at radius 2 is 2.14 bits per heavy atom. The highest BCUT2D eigenvalue weighted by molar-refractivity contribution is 7.13. The van der Waals surface area contributed by atoms with Gasteiger partial charge in [0.15, 0.2) is 0 Å². The molecule has 0 bridgehead atoms. The molecule has 0 N–H and O–H groups in total. The van der Waals surface area contributed by atoms with E-state index in [1.165, 1.54) is 11.3 Å². The number of carbonyl (C=O) groups excluding carboxylic acids is 1. The molecule has 6 nitrogen and oxygen atoms in total. The zero-order chi connectivity index (χ0) is 20.2. The van der Waals surface area contributed by atoms with Crippen LogP contribution in [0.5, 0.6) is 11.5 Å². The van der Waals surface area contributed by atoms with Crippen LogP contribution in [0.3, 0.4) is 0 Å². The maximum atomic E-state index is 13.1. The number of methoxy groups -OCH3 is 2. The number of rotatable bonds is 6. The van der Waals surface area contributed by atoms with E-state index >= 15 is 0 Å². The summed E-state index contributed by atoms with van der Waals surface area (Å²) >= 11 is 1.51. The SMILES string of the molecule is COc1ccc(OC)c(C2CCCN2C(=O)Cc2csc(-c3ccccn3)n2)c1. The number of amides is 1. The first-order valence-corrected chi connectivity index (χ1v) is 10.4. The second-order valence-corrected chi connectivity index (χ2v) is 7.75. The summed E-state index contributed by atoms with van der Waals surface area (Å²) in [7, 11) is 3.30. The Kier molecular flexibility index (Phi) is 5.76. The third kappa shape index (κ3) is 4.10. The molecule has 0 aliphatic carbocycles. The number of ether oxygens (including phenoxy) is 2. The van der Waals surface area contributed by atoms with Crippen molar-refractivity contribution < 1.29 is 14.3 Å². The van der Waals surface area contributed by atoms with Crippen LogP contribution in [0.15, 0.2) is 48.0 Å². The van der Waals surface area contributed by atoms with Crippen LogP contribution in [0, 0.1) is 0 Å². The lowest BCUT2D eigenvalue weighted by Gasteiger charge is -2.26. The first-order valence-electron chi connectivity index (χ1n) is 9.57. The lowest BCUT2D eigenvalue weighted by molar-refractivity contribution is -0.131. The summed E-state index contributed by atoms with van der Waals surface area (Å²) in [4.78, 5) is 24.0. The average Bonchev–Trinajstić information content (AvgIpc) is 3.43. The molecule has 1 unspecified atom stereocenters. The summed E-state index contributed by atoms with van der Waals surface area (Å²) in [6.07, 6.45) is 3.91. The molecule has 1 aromatic carbocycles. The summed E-state index contributed by atoms with van der Waals surface area (Å²) in [6.45, 7) is 0.737. The lowest BCUT2D eigenvalue weighted by atomic mass is 10.0. The number of carbonyl (C=O) groups is 1. The van der Waals surface area contributed by atoms with Gasteiger partial charge in [0.05, 0.1) is 38.1 Å². The van der Waals surface area contributed by atoms with Gasteiger partial charge in [0.1, 0.15) is 16.5 Å². The minimum absolute atomic E-state index is 0.0125. The van der Waals surface area contributed by atoms with Gasteiger partial charge >= 0.3 is 0 Å². The average molecular weight is 410 g/mol. The number of pyridine rings is 1. The fourth-order valence-corrected chi connectivity index (χ4v) is 4.54. The van der Waals surface area contributed by atoms with Gasteiger partial charge in [0, 0.05) is 23.7 Å². The lowest BCUT2D eigenvalue weighted by Crippen LogP contribution is -2.32. The maximum absolute atomic E-state index is 13.1. The first-order chi connectivity index (χ1) is 14.2. The van der Waals surface area contributed by atoms with Gasteiger partial charge in [-0.15, -0.1) is 11.3 Å². The molecule has 29 heavy (non-hydrogen) atoms. The third-order valence-corrected chi connectivity index (χ3v) is 6.05. The van der Waals surface area contributed by atoms with E-state index in [0.29, 0.717) is 0 Å². The maximum Gasteiger partial charge on any atom is 0.229 e. The number of nitrogens with zero attached hydrogens (tertiary/aromatic N) is 3. The zero-order valence-corrected chi connectivity index (χ0v) is 17.3. The second-order valence-electron chi connectivity index (χ2n) is 6.89. The van der Waals surface area contributed by atoms with Crippen LogP contribution in [-0.4, -0.2) is 41.5 Å². The highest BCUT2D eigenvalue weighted by atomic mass is 32.1. The molecular weight excluding hydrogens is 386 g/mol. The summed E-state index contributed by atoms with van der Waals surface area (Å²) in [5.41, 5.74) is 2.60. The fraction of sp³-hybridized carbons (Fsp3) is 0.318. The van der Waals surface area contributed by atoms with Crippen molar-refractivity contribution in [3.8, 4) is 22.2 Å². The van der Waals surface area contributed by atoms with Crippen molar-refractivity contribution in [2.75, 3.05) is 20.8 Å². The molecule has 1 aliphatic heterocycles. The fourth-order valence-electron chi connectivity index (χ4n) is 3.74. The third-order valence-electron chi connectivity index (χ3n) is 5.14. The molecule has 1 fully saturated rings. The summed E-state index contributed by atoms with van der Waals surface area (Å²) in [6, 6.07) is 11.5. The highest BCUT2D eigenvalue weighted by Crippen LogP contribution is 2.39. The predicted molar refractivity (Wildman–Crippen MR) is 112 cm³/mol. The van der Waals surface area contributed by atoms with Crippen LogP contribution >= 0.6 is 11.3 Å². The molecule has 0 radical (unpaired) electrons. The smallest absolute Gasteiger partial charge is 0.229 e. The molecule has 3 heterocycles. The molecule has 7 heteroatoms. The molecule has 3 aromatic rings. The predicted octanol–water partition coefficient (Wildman–Crippen LogP) is 4.13. The van der Waals surface area contributed by atoms with Gasteiger partial charge in [0.25, 0.3) is 0 Å². The Morgan fingerprint density at radius 3 is 2.90 bits per heavy atom. The van der Waals surface area contributed by atoms with E-state index in [1.54, 1.807) is 20.4 Å². The van der Waals surface area contributed by atoms with Crippen LogP contribution < -0.4 is 9.47 Å². The van der Waals surface area contributed by atoms with Crippen LogP contribution in [0.2, 0.25) is 0 Å². The van der Waals surface area contributed by atoms with Crippen molar-refractivity contribution in [1.29, 1.82) is 0 Å². The van der Waals surface area contributed by atoms with Crippen LogP contribution in [0.25, 0.3) is 10.7 Å². The summed E-state index contributed by atoms with van der Waals surface area (Å²) in [5.74, 6) is 1.62. The quantitative estimate of drug-likeness (QED) is 0.613. The number of thiazole rings is 1. The molecule has 2 aromatic heterocycles. The molecule has 1 amide bonds. The zero-order valence-electron chi connectivity index (χ0n) is 16.5. The number of benzene rings is 1.